The van der Waals surface area contributed by atoms with Crippen LogP contribution in [0.4, 0.5) is 0 Å². The summed E-state index contributed by atoms with van der Waals surface area (Å²) < 4.78 is 5.67. The lowest BCUT2D eigenvalue weighted by atomic mass is 10.1. The van der Waals surface area contributed by atoms with Crippen molar-refractivity contribution in [1.29, 1.82) is 0 Å². The van der Waals surface area contributed by atoms with Crippen molar-refractivity contribution in [2.24, 2.45) is 0 Å². The molecule has 1 heterocycles. The van der Waals surface area contributed by atoms with Gasteiger partial charge >= 0.3 is 0 Å². The van der Waals surface area contributed by atoms with Gasteiger partial charge in [0.25, 0.3) is 0 Å². The molecule has 0 spiro atoms. The molecule has 2 nitrogen and oxygen atoms in total. The second-order valence-electron chi connectivity index (χ2n) is 5.69. The second-order valence-corrected chi connectivity index (χ2v) is 6.78. The first-order valence-electron chi connectivity index (χ1n) is 7.38. The number of nitrogens with one attached hydrogen (secondary N) is 1. The first kappa shape index (κ1) is 13.5. The van der Waals surface area contributed by atoms with Crippen LogP contribution in [-0.4, -0.2) is 24.5 Å². The van der Waals surface area contributed by atoms with Crippen LogP contribution >= 0.6 is 11.8 Å². The molecule has 1 saturated heterocycles. The van der Waals surface area contributed by atoms with E-state index in [4.69, 9.17) is 4.74 Å². The Labute approximate surface area is 120 Å². The van der Waals surface area contributed by atoms with Crippen LogP contribution in [0.2, 0.25) is 0 Å². The van der Waals surface area contributed by atoms with Crippen molar-refractivity contribution in [3.63, 3.8) is 0 Å². The summed E-state index contributed by atoms with van der Waals surface area (Å²) in [6.45, 7) is 4.20. The summed E-state index contributed by atoms with van der Waals surface area (Å²) in [4.78, 5) is 1.38. The molecule has 0 amide bonds. The number of thioether (sulfide) groups is 1. The number of aryl methyl sites for hydroxylation is 1. The van der Waals surface area contributed by atoms with Gasteiger partial charge in [-0.05, 0) is 55.9 Å². The third-order valence-electron chi connectivity index (χ3n) is 3.93. The van der Waals surface area contributed by atoms with E-state index in [0.717, 1.165) is 24.9 Å². The summed E-state index contributed by atoms with van der Waals surface area (Å²) >= 11 is 1.93. The van der Waals surface area contributed by atoms with Crippen molar-refractivity contribution in [3.8, 4) is 0 Å². The molecular weight excluding hydrogens is 254 g/mol. The molecule has 0 aromatic heterocycles. The number of hydrogen-bond donors (Lipinski definition) is 1. The average Bonchev–Trinajstić information content (AvgIpc) is 3.09. The van der Waals surface area contributed by atoms with Gasteiger partial charge in [-0.3, -0.25) is 0 Å². The molecule has 1 aromatic carbocycles. The summed E-state index contributed by atoms with van der Waals surface area (Å²) in [5, 5.41) is 3.58. The van der Waals surface area contributed by atoms with Crippen LogP contribution in [0, 0.1) is 6.92 Å². The lowest BCUT2D eigenvalue weighted by molar-refractivity contribution is 0.129. The SMILES string of the molecule is Cc1cc(SCC2CCCO2)ccc1CNC1CC1. The van der Waals surface area contributed by atoms with E-state index in [1.54, 1.807) is 0 Å². The molecule has 1 atom stereocenters. The molecule has 104 valence electrons. The second kappa shape index (κ2) is 6.29. The minimum Gasteiger partial charge on any atom is -0.377 e. The smallest absolute Gasteiger partial charge is 0.0669 e. The van der Waals surface area contributed by atoms with Crippen LogP contribution in [0.25, 0.3) is 0 Å². The van der Waals surface area contributed by atoms with Crippen molar-refractivity contribution in [1.82, 2.24) is 5.32 Å². The van der Waals surface area contributed by atoms with Crippen LogP contribution in [0.1, 0.15) is 36.8 Å². The van der Waals surface area contributed by atoms with Crippen LogP contribution in [0.15, 0.2) is 23.1 Å². The molecule has 0 radical (unpaired) electrons. The summed E-state index contributed by atoms with van der Waals surface area (Å²) in [6.07, 6.45) is 5.65. The molecule has 1 saturated carbocycles. The third kappa shape index (κ3) is 3.98. The summed E-state index contributed by atoms with van der Waals surface area (Å²) in [5.41, 5.74) is 2.85. The summed E-state index contributed by atoms with van der Waals surface area (Å²) in [7, 11) is 0. The van der Waals surface area contributed by atoms with E-state index in [1.165, 1.54) is 41.7 Å². The molecule has 1 N–H and O–H groups in total. The van der Waals surface area contributed by atoms with Crippen molar-refractivity contribution < 1.29 is 4.74 Å². The Bertz CT molecular complexity index is 425. The van der Waals surface area contributed by atoms with Gasteiger partial charge in [-0.2, -0.15) is 0 Å². The lowest BCUT2D eigenvalue weighted by Gasteiger charge is -2.11. The Balaban J connectivity index is 1.51. The molecule has 3 heteroatoms. The Hall–Kier alpha value is -0.510. The molecule has 2 fully saturated rings. The van der Waals surface area contributed by atoms with Gasteiger partial charge in [0.05, 0.1) is 6.10 Å². The third-order valence-corrected chi connectivity index (χ3v) is 5.06. The van der Waals surface area contributed by atoms with Crippen molar-refractivity contribution in [3.05, 3.63) is 29.3 Å². The molecular formula is C16H23NOS. The van der Waals surface area contributed by atoms with Gasteiger partial charge in [0, 0.05) is 29.8 Å². The highest BCUT2D eigenvalue weighted by Crippen LogP contribution is 2.26. The number of benzene rings is 1. The van der Waals surface area contributed by atoms with E-state index in [2.05, 4.69) is 30.4 Å². The van der Waals surface area contributed by atoms with Crippen molar-refractivity contribution in [2.45, 2.75) is 56.2 Å². The summed E-state index contributed by atoms with van der Waals surface area (Å²) in [6, 6.07) is 7.65. The van der Waals surface area contributed by atoms with Gasteiger partial charge in [0.1, 0.15) is 0 Å². The molecule has 1 aliphatic heterocycles. The van der Waals surface area contributed by atoms with Crippen LogP contribution in [0.3, 0.4) is 0 Å². The molecule has 1 aromatic rings. The van der Waals surface area contributed by atoms with Gasteiger partial charge in [-0.1, -0.05) is 6.07 Å². The first-order valence-corrected chi connectivity index (χ1v) is 8.37. The Morgan fingerprint density at radius 1 is 1.32 bits per heavy atom. The highest BCUT2D eigenvalue weighted by Gasteiger charge is 2.20. The minimum atomic E-state index is 0.474. The molecule has 2 aliphatic rings. The van der Waals surface area contributed by atoms with Gasteiger partial charge in [0.2, 0.25) is 0 Å². The predicted molar refractivity (Wildman–Crippen MR) is 80.7 cm³/mol. The van der Waals surface area contributed by atoms with E-state index >= 15 is 0 Å². The lowest BCUT2D eigenvalue weighted by Crippen LogP contribution is -2.16. The average molecular weight is 277 g/mol. The number of rotatable bonds is 6. The van der Waals surface area contributed by atoms with E-state index in [0.29, 0.717) is 6.10 Å². The van der Waals surface area contributed by atoms with E-state index in [9.17, 15) is 0 Å². The monoisotopic (exact) mass is 277 g/mol. The van der Waals surface area contributed by atoms with Crippen molar-refractivity contribution >= 4 is 11.8 Å². The van der Waals surface area contributed by atoms with Gasteiger partial charge < -0.3 is 10.1 Å². The van der Waals surface area contributed by atoms with Gasteiger partial charge in [-0.15, -0.1) is 11.8 Å². The fraction of sp³-hybridized carbons (Fsp3) is 0.625. The van der Waals surface area contributed by atoms with E-state index in [-0.39, 0.29) is 0 Å². The highest BCUT2D eigenvalue weighted by atomic mass is 32.2. The standard InChI is InChI=1S/C16H23NOS/c1-12-9-16(19-11-15-3-2-8-18-15)7-4-13(12)10-17-14-5-6-14/h4,7,9,14-15,17H,2-3,5-6,8,10-11H2,1H3. The molecule has 1 unspecified atom stereocenters. The predicted octanol–water partition coefficient (Wildman–Crippen LogP) is 3.52. The Kier molecular flexibility index (Phi) is 4.46. The quantitative estimate of drug-likeness (QED) is 0.804. The van der Waals surface area contributed by atoms with Crippen LogP contribution in [-0.2, 0) is 11.3 Å². The fourth-order valence-corrected chi connectivity index (χ4v) is 3.53. The topological polar surface area (TPSA) is 21.3 Å². The Morgan fingerprint density at radius 3 is 2.89 bits per heavy atom. The van der Waals surface area contributed by atoms with E-state index in [1.807, 2.05) is 11.8 Å². The van der Waals surface area contributed by atoms with E-state index < -0.39 is 0 Å². The highest BCUT2D eigenvalue weighted by molar-refractivity contribution is 7.99. The normalized spacial score (nSPS) is 22.9. The maximum atomic E-state index is 5.67. The minimum absolute atomic E-state index is 0.474. The number of ether oxygens (including phenoxy) is 1. The molecule has 19 heavy (non-hydrogen) atoms. The molecule has 1 aliphatic carbocycles. The first-order chi connectivity index (χ1) is 9.31. The van der Waals surface area contributed by atoms with Gasteiger partial charge in [-0.25, -0.2) is 0 Å². The largest absolute Gasteiger partial charge is 0.377 e. The fourth-order valence-electron chi connectivity index (χ4n) is 2.46. The maximum Gasteiger partial charge on any atom is 0.0669 e. The van der Waals surface area contributed by atoms with Gasteiger partial charge in [0.15, 0.2) is 0 Å². The van der Waals surface area contributed by atoms with Crippen LogP contribution < -0.4 is 5.32 Å². The number of hydrogen-bond acceptors (Lipinski definition) is 3. The Morgan fingerprint density at radius 2 is 2.21 bits per heavy atom. The summed E-state index contributed by atoms with van der Waals surface area (Å²) in [5.74, 6) is 1.10. The van der Waals surface area contributed by atoms with Crippen molar-refractivity contribution in [2.75, 3.05) is 12.4 Å². The zero-order valence-corrected chi connectivity index (χ0v) is 12.5. The van der Waals surface area contributed by atoms with Crippen LogP contribution in [0.5, 0.6) is 0 Å². The maximum absolute atomic E-state index is 5.67. The zero-order chi connectivity index (χ0) is 13.1. The molecule has 0 bridgehead atoms. The zero-order valence-electron chi connectivity index (χ0n) is 11.7. The molecule has 3 rings (SSSR count).